The molecule has 0 saturated heterocycles. The number of benzene rings is 1. The van der Waals surface area contributed by atoms with Crippen molar-refractivity contribution in [3.05, 3.63) is 42.5 Å². The summed E-state index contributed by atoms with van der Waals surface area (Å²) in [7, 11) is 0. The van der Waals surface area contributed by atoms with Crippen LogP contribution in [-0.4, -0.2) is 30.9 Å². The highest BCUT2D eigenvalue weighted by atomic mass is 16.5. The number of carboxylic acid groups (broad SMARTS) is 1. The molecule has 0 bridgehead atoms. The zero-order chi connectivity index (χ0) is 11.6. The average molecular weight is 222 g/mol. The Bertz CT molecular complexity index is 332. The molecule has 1 aromatic carbocycles. The first-order valence-corrected chi connectivity index (χ1v) is 4.94. The van der Waals surface area contributed by atoms with Gasteiger partial charge in [-0.1, -0.05) is 24.3 Å². The van der Waals surface area contributed by atoms with Crippen molar-refractivity contribution in [3.63, 3.8) is 0 Å². The van der Waals surface area contributed by atoms with Crippen molar-refractivity contribution >= 4 is 5.97 Å². The Hall–Kier alpha value is -1.81. The quantitative estimate of drug-likeness (QED) is 0.563. The fraction of sp³-hybridized carbons (Fsp3) is 0.250. The number of rotatable bonds is 7. The number of aliphatic carboxylic acids is 1. The second-order valence-electron chi connectivity index (χ2n) is 2.98. The smallest absolute Gasteiger partial charge is 0.328 e. The maximum Gasteiger partial charge on any atom is 0.328 e. The fourth-order valence-electron chi connectivity index (χ4n) is 1.04. The molecule has 0 atom stereocenters. The number of ether oxygens (including phenoxy) is 2. The van der Waals surface area contributed by atoms with Gasteiger partial charge in [0.05, 0.1) is 13.2 Å². The summed E-state index contributed by atoms with van der Waals surface area (Å²) in [5.41, 5.74) is 0. The maximum absolute atomic E-state index is 10.1. The molecule has 0 fully saturated rings. The zero-order valence-electron chi connectivity index (χ0n) is 8.83. The number of hydrogen-bond donors (Lipinski definition) is 1. The predicted molar refractivity (Wildman–Crippen MR) is 59.5 cm³/mol. The summed E-state index contributed by atoms with van der Waals surface area (Å²) in [6.07, 6.45) is 2.50. The van der Waals surface area contributed by atoms with Gasteiger partial charge in [0.25, 0.3) is 0 Å². The standard InChI is InChI=1S/C12H14O4/c13-12(14)7-4-8-15-9-10-16-11-5-2-1-3-6-11/h1-7H,8-10H2,(H,13,14). The Labute approximate surface area is 94.1 Å². The Morgan fingerprint density at radius 3 is 2.69 bits per heavy atom. The summed E-state index contributed by atoms with van der Waals surface area (Å²) in [6, 6.07) is 9.44. The Balaban J connectivity index is 2.02. The summed E-state index contributed by atoms with van der Waals surface area (Å²) in [4.78, 5) is 10.1. The van der Waals surface area contributed by atoms with E-state index >= 15 is 0 Å². The van der Waals surface area contributed by atoms with Crippen molar-refractivity contribution in [1.29, 1.82) is 0 Å². The first-order valence-electron chi connectivity index (χ1n) is 4.94. The van der Waals surface area contributed by atoms with Gasteiger partial charge < -0.3 is 14.6 Å². The van der Waals surface area contributed by atoms with Gasteiger partial charge in [-0.05, 0) is 12.1 Å². The minimum absolute atomic E-state index is 0.282. The topological polar surface area (TPSA) is 55.8 Å². The number of hydrogen-bond acceptors (Lipinski definition) is 3. The number of carboxylic acids is 1. The van der Waals surface area contributed by atoms with Crippen LogP contribution in [0.3, 0.4) is 0 Å². The third kappa shape index (κ3) is 5.82. The van der Waals surface area contributed by atoms with Gasteiger partial charge in [0.1, 0.15) is 12.4 Å². The van der Waals surface area contributed by atoms with Gasteiger partial charge in [0, 0.05) is 6.08 Å². The molecule has 0 saturated carbocycles. The molecule has 0 aliphatic rings. The van der Waals surface area contributed by atoms with Gasteiger partial charge in [0.2, 0.25) is 0 Å². The van der Waals surface area contributed by atoms with Crippen LogP contribution < -0.4 is 4.74 Å². The van der Waals surface area contributed by atoms with Crippen LogP contribution in [-0.2, 0) is 9.53 Å². The minimum atomic E-state index is -0.968. The summed E-state index contributed by atoms with van der Waals surface area (Å²) in [5.74, 6) is -0.170. The van der Waals surface area contributed by atoms with Gasteiger partial charge in [-0.3, -0.25) is 0 Å². The van der Waals surface area contributed by atoms with E-state index in [9.17, 15) is 4.79 Å². The second kappa shape index (κ2) is 7.48. The molecule has 0 amide bonds. The highest BCUT2D eigenvalue weighted by Gasteiger charge is 1.91. The molecular weight excluding hydrogens is 208 g/mol. The summed E-state index contributed by atoms with van der Waals surface area (Å²) in [5, 5.41) is 8.30. The number of para-hydroxylation sites is 1. The van der Waals surface area contributed by atoms with Gasteiger partial charge in [-0.25, -0.2) is 4.79 Å². The average Bonchev–Trinajstić information content (AvgIpc) is 2.29. The van der Waals surface area contributed by atoms with Crippen LogP contribution in [0.5, 0.6) is 5.75 Å². The molecule has 0 spiro atoms. The van der Waals surface area contributed by atoms with Gasteiger partial charge in [-0.15, -0.1) is 0 Å². The molecule has 0 aromatic heterocycles. The van der Waals surface area contributed by atoms with Crippen molar-refractivity contribution in [1.82, 2.24) is 0 Å². The van der Waals surface area contributed by atoms with E-state index in [1.54, 1.807) is 0 Å². The maximum atomic E-state index is 10.1. The van der Waals surface area contributed by atoms with Gasteiger partial charge in [-0.2, -0.15) is 0 Å². The lowest BCUT2D eigenvalue weighted by atomic mass is 10.3. The van der Waals surface area contributed by atoms with E-state index in [0.717, 1.165) is 11.8 Å². The Morgan fingerprint density at radius 1 is 1.25 bits per heavy atom. The van der Waals surface area contributed by atoms with Crippen LogP contribution in [0.4, 0.5) is 0 Å². The van der Waals surface area contributed by atoms with Crippen LogP contribution in [0.2, 0.25) is 0 Å². The SMILES string of the molecule is O=C(O)C=CCOCCOc1ccccc1. The van der Waals surface area contributed by atoms with E-state index in [1.807, 2.05) is 30.3 Å². The molecule has 0 unspecified atom stereocenters. The molecule has 86 valence electrons. The van der Waals surface area contributed by atoms with Gasteiger partial charge >= 0.3 is 5.97 Å². The molecule has 4 nitrogen and oxygen atoms in total. The highest BCUT2D eigenvalue weighted by Crippen LogP contribution is 2.07. The van der Waals surface area contributed by atoms with E-state index in [1.165, 1.54) is 6.08 Å². The lowest BCUT2D eigenvalue weighted by Gasteiger charge is -2.05. The van der Waals surface area contributed by atoms with E-state index in [0.29, 0.717) is 13.2 Å². The van der Waals surface area contributed by atoms with Gasteiger partial charge in [0.15, 0.2) is 0 Å². The van der Waals surface area contributed by atoms with Crippen LogP contribution in [0.15, 0.2) is 42.5 Å². The molecule has 1 aromatic rings. The van der Waals surface area contributed by atoms with Crippen molar-refractivity contribution in [2.45, 2.75) is 0 Å². The monoisotopic (exact) mass is 222 g/mol. The summed E-state index contributed by atoms with van der Waals surface area (Å²) >= 11 is 0. The van der Waals surface area contributed by atoms with Crippen molar-refractivity contribution in [2.24, 2.45) is 0 Å². The van der Waals surface area contributed by atoms with E-state index < -0.39 is 5.97 Å². The minimum Gasteiger partial charge on any atom is -0.491 e. The first-order chi connectivity index (χ1) is 7.79. The van der Waals surface area contributed by atoms with Crippen molar-refractivity contribution < 1.29 is 19.4 Å². The molecule has 0 aliphatic heterocycles. The van der Waals surface area contributed by atoms with E-state index in [4.69, 9.17) is 14.6 Å². The summed E-state index contributed by atoms with van der Waals surface area (Å²) < 4.78 is 10.5. The fourth-order valence-corrected chi connectivity index (χ4v) is 1.04. The molecule has 1 rings (SSSR count). The lowest BCUT2D eigenvalue weighted by molar-refractivity contribution is -0.131. The third-order valence-electron chi connectivity index (χ3n) is 1.71. The normalized spacial score (nSPS) is 10.5. The second-order valence-corrected chi connectivity index (χ2v) is 2.98. The van der Waals surface area contributed by atoms with Crippen LogP contribution in [0.1, 0.15) is 0 Å². The number of carbonyl (C=O) groups is 1. The van der Waals surface area contributed by atoms with Crippen molar-refractivity contribution in [2.75, 3.05) is 19.8 Å². The van der Waals surface area contributed by atoms with Crippen LogP contribution in [0, 0.1) is 0 Å². The molecule has 16 heavy (non-hydrogen) atoms. The molecular formula is C12H14O4. The lowest BCUT2D eigenvalue weighted by Crippen LogP contribution is -2.06. The first kappa shape index (κ1) is 12.3. The Kier molecular flexibility index (Phi) is 5.73. The Morgan fingerprint density at radius 2 is 2.00 bits per heavy atom. The van der Waals surface area contributed by atoms with Crippen LogP contribution in [0.25, 0.3) is 0 Å². The highest BCUT2D eigenvalue weighted by molar-refractivity contribution is 5.79. The zero-order valence-corrected chi connectivity index (χ0v) is 8.83. The molecule has 4 heteroatoms. The molecule has 0 aliphatic carbocycles. The largest absolute Gasteiger partial charge is 0.491 e. The predicted octanol–water partition coefficient (Wildman–Crippen LogP) is 1.72. The third-order valence-corrected chi connectivity index (χ3v) is 1.71. The molecule has 0 radical (unpaired) electrons. The molecule has 1 N–H and O–H groups in total. The van der Waals surface area contributed by atoms with Crippen LogP contribution >= 0.6 is 0 Å². The van der Waals surface area contributed by atoms with Crippen molar-refractivity contribution in [3.8, 4) is 5.75 Å². The van der Waals surface area contributed by atoms with E-state index in [-0.39, 0.29) is 6.61 Å². The van der Waals surface area contributed by atoms with E-state index in [2.05, 4.69) is 0 Å². The molecule has 0 heterocycles. The summed E-state index contributed by atoms with van der Waals surface area (Å²) in [6.45, 7) is 1.16.